The van der Waals surface area contributed by atoms with Crippen LogP contribution in [0.15, 0.2) is 12.1 Å². The van der Waals surface area contributed by atoms with Crippen molar-refractivity contribution < 1.29 is 13.6 Å². The Morgan fingerprint density at radius 3 is 2.60 bits per heavy atom. The number of halogens is 2. The highest BCUT2D eigenvalue weighted by atomic mass is 19.1. The van der Waals surface area contributed by atoms with E-state index in [-0.39, 0.29) is 17.3 Å². The van der Waals surface area contributed by atoms with E-state index in [1.807, 2.05) is 0 Å². The second kappa shape index (κ2) is 5.77. The van der Waals surface area contributed by atoms with E-state index in [2.05, 4.69) is 6.92 Å². The topological polar surface area (TPSA) is 46.3 Å². The molecule has 2 atom stereocenters. The number of carbonyl (C=O) groups excluding carboxylic acids is 1. The molecule has 0 aromatic heterocycles. The zero-order chi connectivity index (χ0) is 14.9. The van der Waals surface area contributed by atoms with Crippen LogP contribution < -0.4 is 5.73 Å². The van der Waals surface area contributed by atoms with Gasteiger partial charge in [-0.2, -0.15) is 0 Å². The van der Waals surface area contributed by atoms with Crippen LogP contribution in [0.2, 0.25) is 0 Å². The minimum atomic E-state index is -0.841. The summed E-state index contributed by atoms with van der Waals surface area (Å²) < 4.78 is 27.3. The molecule has 2 N–H and O–H groups in total. The van der Waals surface area contributed by atoms with E-state index in [9.17, 15) is 13.6 Å². The molecule has 2 unspecified atom stereocenters. The summed E-state index contributed by atoms with van der Waals surface area (Å²) in [5.41, 5.74) is 4.76. The molecule has 1 aliphatic rings. The summed E-state index contributed by atoms with van der Waals surface area (Å²) in [5.74, 6) is -1.68. The molecule has 110 valence electrons. The Labute approximate surface area is 117 Å². The van der Waals surface area contributed by atoms with Crippen LogP contribution in [0, 0.1) is 17.6 Å². The Kier molecular flexibility index (Phi) is 4.26. The number of nitrogens with two attached hydrogens (primary N) is 1. The number of nitrogens with zero attached hydrogens (tertiary/aromatic N) is 1. The van der Waals surface area contributed by atoms with Crippen LogP contribution in [0.1, 0.15) is 43.0 Å². The number of benzene rings is 1. The number of carbonyl (C=O) groups is 1. The van der Waals surface area contributed by atoms with E-state index in [0.717, 1.165) is 37.8 Å². The molecule has 1 aromatic rings. The van der Waals surface area contributed by atoms with Crippen molar-refractivity contribution in [2.75, 3.05) is 12.8 Å². The largest absolute Gasteiger partial charge is 0.396 e. The fourth-order valence-corrected chi connectivity index (χ4v) is 2.98. The summed E-state index contributed by atoms with van der Waals surface area (Å²) >= 11 is 0. The first-order valence-corrected chi connectivity index (χ1v) is 6.93. The third kappa shape index (κ3) is 2.76. The van der Waals surface area contributed by atoms with Crippen molar-refractivity contribution in [3.05, 3.63) is 29.3 Å². The Hall–Kier alpha value is -1.65. The summed E-state index contributed by atoms with van der Waals surface area (Å²) in [5, 5.41) is 0. The molecule has 0 bridgehead atoms. The van der Waals surface area contributed by atoms with Gasteiger partial charge in [-0.25, -0.2) is 8.78 Å². The van der Waals surface area contributed by atoms with Crippen LogP contribution in [-0.4, -0.2) is 23.9 Å². The molecular weight excluding hydrogens is 262 g/mol. The fraction of sp³-hybridized carbons (Fsp3) is 0.533. The molecule has 0 radical (unpaired) electrons. The number of hydrogen-bond donors (Lipinski definition) is 1. The average molecular weight is 282 g/mol. The van der Waals surface area contributed by atoms with Crippen molar-refractivity contribution in [2.45, 2.75) is 38.6 Å². The number of amides is 1. The molecule has 1 fully saturated rings. The van der Waals surface area contributed by atoms with Crippen LogP contribution in [0.3, 0.4) is 0 Å². The van der Waals surface area contributed by atoms with E-state index in [0.29, 0.717) is 5.92 Å². The third-order valence-corrected chi connectivity index (χ3v) is 4.18. The number of anilines is 1. The van der Waals surface area contributed by atoms with Crippen molar-refractivity contribution in [1.29, 1.82) is 0 Å². The molecular formula is C15H20F2N2O. The molecule has 3 nitrogen and oxygen atoms in total. The van der Waals surface area contributed by atoms with Gasteiger partial charge < -0.3 is 10.6 Å². The van der Waals surface area contributed by atoms with Crippen LogP contribution >= 0.6 is 0 Å². The van der Waals surface area contributed by atoms with E-state index in [1.54, 1.807) is 7.05 Å². The van der Waals surface area contributed by atoms with Crippen molar-refractivity contribution in [3.63, 3.8) is 0 Å². The summed E-state index contributed by atoms with van der Waals surface area (Å²) in [6.07, 6.45) is 4.16. The van der Waals surface area contributed by atoms with Gasteiger partial charge >= 0.3 is 0 Å². The fourth-order valence-electron chi connectivity index (χ4n) is 2.98. The molecule has 0 spiro atoms. The molecule has 20 heavy (non-hydrogen) atoms. The van der Waals surface area contributed by atoms with Gasteiger partial charge in [-0.15, -0.1) is 0 Å². The standard InChI is InChI=1S/C15H20F2N2O/c1-9-5-3-4-6-13(9)19(2)15(20)11-7-10(16)8-12(18)14(11)17/h7-9,13H,3-6,18H2,1-2H3. The first-order valence-electron chi connectivity index (χ1n) is 6.93. The van der Waals surface area contributed by atoms with Gasteiger partial charge in [0.25, 0.3) is 5.91 Å². The lowest BCUT2D eigenvalue weighted by Crippen LogP contribution is -2.43. The van der Waals surface area contributed by atoms with Crippen LogP contribution in [0.4, 0.5) is 14.5 Å². The smallest absolute Gasteiger partial charge is 0.257 e. The van der Waals surface area contributed by atoms with Crippen LogP contribution in [-0.2, 0) is 0 Å². The lowest BCUT2D eigenvalue weighted by molar-refractivity contribution is 0.0624. The number of rotatable bonds is 2. The molecule has 1 saturated carbocycles. The summed E-state index contributed by atoms with van der Waals surface area (Å²) in [7, 11) is 1.65. The molecule has 1 aliphatic carbocycles. The Bertz CT molecular complexity index is 519. The zero-order valence-corrected chi connectivity index (χ0v) is 11.8. The van der Waals surface area contributed by atoms with Crippen molar-refractivity contribution in [3.8, 4) is 0 Å². The van der Waals surface area contributed by atoms with Gasteiger partial charge in [0, 0.05) is 13.1 Å². The van der Waals surface area contributed by atoms with E-state index < -0.39 is 17.5 Å². The average Bonchev–Trinajstić information content (AvgIpc) is 2.42. The van der Waals surface area contributed by atoms with Gasteiger partial charge in [-0.1, -0.05) is 19.8 Å². The monoisotopic (exact) mass is 282 g/mol. The van der Waals surface area contributed by atoms with Crippen molar-refractivity contribution in [2.24, 2.45) is 5.92 Å². The molecule has 0 aliphatic heterocycles. The summed E-state index contributed by atoms with van der Waals surface area (Å²) in [4.78, 5) is 13.9. The highest BCUT2D eigenvalue weighted by molar-refractivity contribution is 5.95. The van der Waals surface area contributed by atoms with Crippen LogP contribution in [0.5, 0.6) is 0 Å². The van der Waals surface area contributed by atoms with E-state index in [4.69, 9.17) is 5.73 Å². The SMILES string of the molecule is CC1CCCCC1N(C)C(=O)c1cc(F)cc(N)c1F. The zero-order valence-electron chi connectivity index (χ0n) is 11.8. The molecule has 5 heteroatoms. The predicted molar refractivity (Wildman–Crippen MR) is 74.3 cm³/mol. The van der Waals surface area contributed by atoms with E-state index >= 15 is 0 Å². The molecule has 2 rings (SSSR count). The third-order valence-electron chi connectivity index (χ3n) is 4.18. The van der Waals surface area contributed by atoms with Gasteiger partial charge in [0.15, 0.2) is 5.82 Å². The predicted octanol–water partition coefficient (Wildman–Crippen LogP) is 3.20. The maximum atomic E-state index is 13.9. The Morgan fingerprint density at radius 1 is 1.30 bits per heavy atom. The summed E-state index contributed by atoms with van der Waals surface area (Å²) in [6, 6.07) is 1.87. The van der Waals surface area contributed by atoms with Gasteiger partial charge in [0.1, 0.15) is 5.82 Å². The minimum Gasteiger partial charge on any atom is -0.396 e. The van der Waals surface area contributed by atoms with Crippen molar-refractivity contribution >= 4 is 11.6 Å². The van der Waals surface area contributed by atoms with Crippen molar-refractivity contribution in [1.82, 2.24) is 4.90 Å². The lowest BCUT2D eigenvalue weighted by Gasteiger charge is -2.36. The Balaban J connectivity index is 2.26. The maximum absolute atomic E-state index is 13.9. The molecule has 1 aromatic carbocycles. The first kappa shape index (κ1) is 14.8. The normalized spacial score (nSPS) is 22.6. The number of hydrogen-bond acceptors (Lipinski definition) is 2. The highest BCUT2D eigenvalue weighted by Crippen LogP contribution is 2.29. The maximum Gasteiger partial charge on any atom is 0.257 e. The van der Waals surface area contributed by atoms with Gasteiger partial charge in [-0.05, 0) is 30.9 Å². The molecule has 0 saturated heterocycles. The highest BCUT2D eigenvalue weighted by Gasteiger charge is 2.30. The summed E-state index contributed by atoms with van der Waals surface area (Å²) in [6.45, 7) is 2.09. The minimum absolute atomic E-state index is 0.0696. The van der Waals surface area contributed by atoms with Gasteiger partial charge in [0.2, 0.25) is 0 Å². The Morgan fingerprint density at radius 2 is 1.95 bits per heavy atom. The molecule has 1 amide bonds. The molecule has 0 heterocycles. The second-order valence-corrected chi connectivity index (χ2v) is 5.60. The number of nitrogen functional groups attached to an aromatic ring is 1. The second-order valence-electron chi connectivity index (χ2n) is 5.60. The van der Waals surface area contributed by atoms with Gasteiger partial charge in [-0.3, -0.25) is 4.79 Å². The first-order chi connectivity index (χ1) is 9.41. The van der Waals surface area contributed by atoms with E-state index in [1.165, 1.54) is 4.90 Å². The quantitative estimate of drug-likeness (QED) is 0.847. The van der Waals surface area contributed by atoms with Gasteiger partial charge in [0.05, 0.1) is 11.3 Å². The van der Waals surface area contributed by atoms with Crippen LogP contribution in [0.25, 0.3) is 0 Å². The lowest BCUT2D eigenvalue weighted by atomic mass is 9.85.